The maximum atomic E-state index is 9.41. The van der Waals surface area contributed by atoms with Crippen LogP contribution in [0.3, 0.4) is 0 Å². The van der Waals surface area contributed by atoms with Gasteiger partial charge in [-0.05, 0) is 36.2 Å². The molecule has 1 N–H and O–H groups in total. The maximum absolute atomic E-state index is 9.41. The molecule has 12 heavy (non-hydrogen) atoms. The van der Waals surface area contributed by atoms with Crippen molar-refractivity contribution < 1.29 is 5.11 Å². The third-order valence-electron chi connectivity index (χ3n) is 1.70. The van der Waals surface area contributed by atoms with Gasteiger partial charge in [-0.1, -0.05) is 34.7 Å². The number of allylic oxidation sites excluding steroid dienone is 2. The van der Waals surface area contributed by atoms with Gasteiger partial charge in [0.2, 0.25) is 0 Å². The van der Waals surface area contributed by atoms with Crippen LogP contribution < -0.4 is 0 Å². The molecule has 0 saturated heterocycles. The minimum atomic E-state index is -0.134. The number of rotatable bonds is 7. The molecular weight excluding hydrogens is 263 g/mol. The van der Waals surface area contributed by atoms with Crippen molar-refractivity contribution in [3.63, 3.8) is 0 Å². The van der Waals surface area contributed by atoms with Gasteiger partial charge in [0.15, 0.2) is 0 Å². The Morgan fingerprint density at radius 3 is 2.67 bits per heavy atom. The van der Waals surface area contributed by atoms with Gasteiger partial charge in [0, 0.05) is 0 Å². The van der Waals surface area contributed by atoms with E-state index in [2.05, 4.69) is 35.2 Å². The zero-order valence-corrected chi connectivity index (χ0v) is 9.53. The lowest BCUT2D eigenvalue weighted by Crippen LogP contribution is -2.04. The number of halogens is 1. The summed E-state index contributed by atoms with van der Waals surface area (Å²) in [5.74, 6) is 0. The van der Waals surface area contributed by atoms with Crippen molar-refractivity contribution in [1.82, 2.24) is 0 Å². The predicted molar refractivity (Wildman–Crippen MR) is 62.4 cm³/mol. The first kappa shape index (κ1) is 12.2. The van der Waals surface area contributed by atoms with Crippen LogP contribution in [0.15, 0.2) is 22.8 Å². The molecule has 2 heteroatoms. The van der Waals surface area contributed by atoms with Crippen LogP contribution in [0.25, 0.3) is 0 Å². The van der Waals surface area contributed by atoms with Crippen molar-refractivity contribution in [2.45, 2.75) is 38.2 Å². The summed E-state index contributed by atoms with van der Waals surface area (Å²) in [7, 11) is 0. The van der Waals surface area contributed by atoms with Crippen molar-refractivity contribution in [2.75, 3.05) is 0 Å². The van der Waals surface area contributed by atoms with E-state index in [1.54, 1.807) is 0 Å². The maximum Gasteiger partial charge on any atom is 0.0543 e. The lowest BCUT2D eigenvalue weighted by molar-refractivity contribution is 0.153. The molecule has 0 rings (SSSR count). The van der Waals surface area contributed by atoms with Crippen LogP contribution in [-0.2, 0) is 0 Å². The number of aliphatic hydroxyl groups excluding tert-OH is 1. The molecule has 0 radical (unpaired) electrons. The van der Waals surface area contributed by atoms with E-state index in [4.69, 9.17) is 0 Å². The third-order valence-corrected chi connectivity index (χ3v) is 2.21. The second kappa shape index (κ2) is 9.26. The van der Waals surface area contributed by atoms with Crippen molar-refractivity contribution >= 4 is 22.6 Å². The van der Waals surface area contributed by atoms with Crippen LogP contribution in [0.5, 0.6) is 0 Å². The fourth-order valence-corrected chi connectivity index (χ4v) is 1.35. The molecule has 0 spiro atoms. The molecular formula is C10H17IO. The van der Waals surface area contributed by atoms with Crippen LogP contribution in [0.1, 0.15) is 32.1 Å². The standard InChI is InChI=1S/C10H17IO/c1-2-3-7-10(12)8-5-4-6-9-11/h2,6,9-10,12H,1,3-5,7-8H2/b9-6-. The SMILES string of the molecule is C=CCCC(O)CCC/C=C\I. The third kappa shape index (κ3) is 8.27. The summed E-state index contributed by atoms with van der Waals surface area (Å²) in [5, 5.41) is 9.41. The largest absolute Gasteiger partial charge is 0.393 e. The van der Waals surface area contributed by atoms with Gasteiger partial charge < -0.3 is 5.11 Å². The van der Waals surface area contributed by atoms with Crippen LogP contribution in [-0.4, -0.2) is 11.2 Å². The molecule has 1 atom stereocenters. The lowest BCUT2D eigenvalue weighted by Gasteiger charge is -2.06. The van der Waals surface area contributed by atoms with Crippen LogP contribution in [0.4, 0.5) is 0 Å². The Bertz CT molecular complexity index is 132. The molecule has 70 valence electrons. The van der Waals surface area contributed by atoms with Gasteiger partial charge in [-0.25, -0.2) is 0 Å². The minimum absolute atomic E-state index is 0.134. The Morgan fingerprint density at radius 2 is 2.08 bits per heavy atom. The van der Waals surface area contributed by atoms with Gasteiger partial charge in [0.1, 0.15) is 0 Å². The predicted octanol–water partition coefficient (Wildman–Crippen LogP) is 3.43. The van der Waals surface area contributed by atoms with Crippen molar-refractivity contribution in [2.24, 2.45) is 0 Å². The topological polar surface area (TPSA) is 20.2 Å². The van der Waals surface area contributed by atoms with E-state index in [0.717, 1.165) is 32.1 Å². The summed E-state index contributed by atoms with van der Waals surface area (Å²) in [6.45, 7) is 3.62. The van der Waals surface area contributed by atoms with Crippen LogP contribution in [0.2, 0.25) is 0 Å². The number of hydrogen-bond donors (Lipinski definition) is 1. The van der Waals surface area contributed by atoms with Gasteiger partial charge >= 0.3 is 0 Å². The quantitative estimate of drug-likeness (QED) is 0.430. The Kier molecular flexibility index (Phi) is 9.39. The molecule has 0 heterocycles. The second-order valence-corrected chi connectivity index (χ2v) is 3.53. The molecule has 1 unspecified atom stereocenters. The summed E-state index contributed by atoms with van der Waals surface area (Å²) in [5.41, 5.74) is 0. The molecule has 0 bridgehead atoms. The molecule has 0 aliphatic rings. The van der Waals surface area contributed by atoms with Gasteiger partial charge in [0.25, 0.3) is 0 Å². The van der Waals surface area contributed by atoms with E-state index in [1.807, 2.05) is 10.2 Å². The molecule has 0 aliphatic heterocycles. The van der Waals surface area contributed by atoms with Crippen LogP contribution >= 0.6 is 22.6 Å². The summed E-state index contributed by atoms with van der Waals surface area (Å²) in [6, 6.07) is 0. The highest BCUT2D eigenvalue weighted by Crippen LogP contribution is 2.07. The Morgan fingerprint density at radius 1 is 1.33 bits per heavy atom. The molecule has 1 nitrogen and oxygen atoms in total. The Labute approximate surface area is 88.7 Å². The highest BCUT2D eigenvalue weighted by atomic mass is 127. The fraction of sp³-hybridized carbons (Fsp3) is 0.600. The molecule has 0 aromatic rings. The smallest absolute Gasteiger partial charge is 0.0543 e. The summed E-state index contributed by atoms with van der Waals surface area (Å²) >= 11 is 2.21. The fourth-order valence-electron chi connectivity index (χ4n) is 0.989. The molecule has 0 fully saturated rings. The first-order chi connectivity index (χ1) is 5.81. The molecule has 0 aromatic heterocycles. The number of aliphatic hydroxyl groups is 1. The molecule has 0 aliphatic carbocycles. The van der Waals surface area contributed by atoms with E-state index in [1.165, 1.54) is 0 Å². The molecule has 0 saturated carbocycles. The molecule has 0 amide bonds. The normalized spacial score (nSPS) is 13.5. The lowest BCUT2D eigenvalue weighted by atomic mass is 10.1. The average molecular weight is 280 g/mol. The molecule has 0 aromatic carbocycles. The minimum Gasteiger partial charge on any atom is -0.393 e. The zero-order chi connectivity index (χ0) is 9.23. The highest BCUT2D eigenvalue weighted by molar-refractivity contribution is 14.1. The summed E-state index contributed by atoms with van der Waals surface area (Å²) < 4.78 is 2.02. The van der Waals surface area contributed by atoms with E-state index in [9.17, 15) is 5.11 Å². The van der Waals surface area contributed by atoms with E-state index in [-0.39, 0.29) is 6.10 Å². The Hall–Kier alpha value is 0.170. The first-order valence-electron chi connectivity index (χ1n) is 4.35. The van der Waals surface area contributed by atoms with Gasteiger partial charge in [-0.2, -0.15) is 0 Å². The van der Waals surface area contributed by atoms with Gasteiger partial charge in [-0.15, -0.1) is 6.58 Å². The van der Waals surface area contributed by atoms with Crippen molar-refractivity contribution in [3.8, 4) is 0 Å². The first-order valence-corrected chi connectivity index (χ1v) is 5.60. The number of hydrogen-bond acceptors (Lipinski definition) is 1. The van der Waals surface area contributed by atoms with E-state index in [0.29, 0.717) is 0 Å². The second-order valence-electron chi connectivity index (χ2n) is 2.81. The van der Waals surface area contributed by atoms with E-state index < -0.39 is 0 Å². The zero-order valence-electron chi connectivity index (χ0n) is 7.38. The van der Waals surface area contributed by atoms with Gasteiger partial charge in [-0.3, -0.25) is 0 Å². The van der Waals surface area contributed by atoms with Gasteiger partial charge in [0.05, 0.1) is 6.10 Å². The highest BCUT2D eigenvalue weighted by Gasteiger charge is 2.00. The van der Waals surface area contributed by atoms with E-state index >= 15 is 0 Å². The monoisotopic (exact) mass is 280 g/mol. The Balaban J connectivity index is 3.18. The summed E-state index contributed by atoms with van der Waals surface area (Å²) in [6.07, 6.45) is 8.70. The van der Waals surface area contributed by atoms with Crippen molar-refractivity contribution in [3.05, 3.63) is 22.8 Å². The average Bonchev–Trinajstić information content (AvgIpc) is 2.09. The van der Waals surface area contributed by atoms with Crippen molar-refractivity contribution in [1.29, 1.82) is 0 Å². The summed E-state index contributed by atoms with van der Waals surface area (Å²) in [4.78, 5) is 0. The van der Waals surface area contributed by atoms with Crippen LogP contribution in [0, 0.1) is 0 Å². The number of unbranched alkanes of at least 4 members (excludes halogenated alkanes) is 1.